The van der Waals surface area contributed by atoms with Crippen LogP contribution >= 0.6 is 0 Å². The van der Waals surface area contributed by atoms with Crippen LogP contribution < -0.4 is 5.32 Å². The normalized spacial score (nSPS) is 21.9. The van der Waals surface area contributed by atoms with Gasteiger partial charge in [-0.25, -0.2) is 0 Å². The third-order valence-electron chi connectivity index (χ3n) is 6.04. The zero-order chi connectivity index (χ0) is 20.3. The Morgan fingerprint density at radius 3 is 2.61 bits per heavy atom. The van der Waals surface area contributed by atoms with E-state index in [0.717, 1.165) is 31.2 Å². The average Bonchev–Trinajstić information content (AvgIpc) is 2.71. The third kappa shape index (κ3) is 4.58. The predicted molar refractivity (Wildman–Crippen MR) is 111 cm³/mol. The predicted octanol–water partition coefficient (Wildman–Crippen LogP) is 2.65. The lowest BCUT2D eigenvalue weighted by Crippen LogP contribution is -2.49. The minimum absolute atomic E-state index is 0.0273. The lowest BCUT2D eigenvalue weighted by molar-refractivity contribution is -0.126. The molecule has 2 atom stereocenters. The molecule has 1 aromatic rings. The van der Waals surface area contributed by atoms with Crippen molar-refractivity contribution in [1.82, 2.24) is 13.9 Å². The van der Waals surface area contributed by atoms with Crippen LogP contribution in [-0.2, 0) is 27.8 Å². The number of benzene rings is 1. The van der Waals surface area contributed by atoms with E-state index in [4.69, 9.17) is 0 Å². The van der Waals surface area contributed by atoms with Crippen LogP contribution in [0.3, 0.4) is 0 Å². The zero-order valence-corrected chi connectivity index (χ0v) is 18.1. The van der Waals surface area contributed by atoms with Crippen LogP contribution in [0.25, 0.3) is 0 Å². The molecule has 1 aliphatic heterocycles. The summed E-state index contributed by atoms with van der Waals surface area (Å²) in [7, 11) is -0.416. The van der Waals surface area contributed by atoms with Crippen LogP contribution in [0.2, 0.25) is 0 Å². The SMILES string of the molecule is CC[C@H](NC(=O)[C@H]1CCCN(S(=O)(=O)N(C)C)C1)c1ccc2c(c1)CCCC2. The lowest BCUT2D eigenvalue weighted by atomic mass is 9.88. The number of amides is 1. The zero-order valence-electron chi connectivity index (χ0n) is 17.3. The minimum Gasteiger partial charge on any atom is -0.349 e. The number of aryl methyl sites for hydroxylation is 2. The van der Waals surface area contributed by atoms with E-state index in [-0.39, 0.29) is 24.4 Å². The standard InChI is InChI=1S/C21H33N3O3S/c1-4-20(18-12-11-16-8-5-6-9-17(16)14-18)22-21(25)19-10-7-13-24(15-19)28(26,27)23(2)3/h11-12,14,19-20H,4-10,13,15H2,1-3H3,(H,22,25)/t19-,20-/m0/s1. The molecule has 1 amide bonds. The van der Waals surface area contributed by atoms with E-state index in [1.165, 1.54) is 46.7 Å². The molecule has 156 valence electrons. The molecule has 1 saturated heterocycles. The number of piperidine rings is 1. The van der Waals surface area contributed by atoms with Gasteiger partial charge in [0.05, 0.1) is 12.0 Å². The second-order valence-corrected chi connectivity index (χ2v) is 10.3. The van der Waals surface area contributed by atoms with Crippen molar-refractivity contribution in [2.45, 2.75) is 57.9 Å². The van der Waals surface area contributed by atoms with Gasteiger partial charge in [-0.15, -0.1) is 0 Å². The highest BCUT2D eigenvalue weighted by Crippen LogP contribution is 2.27. The molecule has 1 aromatic carbocycles. The number of rotatable bonds is 6. The summed E-state index contributed by atoms with van der Waals surface area (Å²) in [4.78, 5) is 12.9. The maximum atomic E-state index is 12.9. The van der Waals surface area contributed by atoms with Crippen molar-refractivity contribution in [3.05, 3.63) is 34.9 Å². The van der Waals surface area contributed by atoms with Gasteiger partial charge < -0.3 is 5.32 Å². The Kier molecular flexibility index (Phi) is 6.78. The van der Waals surface area contributed by atoms with Crippen LogP contribution in [0.15, 0.2) is 18.2 Å². The number of hydrogen-bond donors (Lipinski definition) is 1. The molecule has 0 spiro atoms. The van der Waals surface area contributed by atoms with Crippen LogP contribution in [-0.4, -0.2) is 50.1 Å². The number of nitrogens with one attached hydrogen (secondary N) is 1. The summed E-state index contributed by atoms with van der Waals surface area (Å²) in [6, 6.07) is 6.58. The highest BCUT2D eigenvalue weighted by atomic mass is 32.2. The second kappa shape index (κ2) is 8.93. The molecule has 0 aromatic heterocycles. The van der Waals surface area contributed by atoms with Crippen LogP contribution in [0.5, 0.6) is 0 Å². The first kappa shape index (κ1) is 21.3. The molecular weight excluding hydrogens is 374 g/mol. The number of hydrogen-bond acceptors (Lipinski definition) is 3. The van der Waals surface area contributed by atoms with Gasteiger partial charge in [-0.1, -0.05) is 25.1 Å². The van der Waals surface area contributed by atoms with Crippen molar-refractivity contribution < 1.29 is 13.2 Å². The first-order valence-corrected chi connectivity index (χ1v) is 11.8. The Balaban J connectivity index is 1.68. The molecular formula is C21H33N3O3S. The summed E-state index contributed by atoms with van der Waals surface area (Å²) in [5.41, 5.74) is 4.01. The largest absolute Gasteiger partial charge is 0.349 e. The Hall–Kier alpha value is -1.44. The van der Waals surface area contributed by atoms with Gasteiger partial charge in [0.2, 0.25) is 5.91 Å². The van der Waals surface area contributed by atoms with Crippen molar-refractivity contribution >= 4 is 16.1 Å². The maximum Gasteiger partial charge on any atom is 0.281 e. The summed E-state index contributed by atoms with van der Waals surface area (Å²) in [5.74, 6) is -0.335. The molecule has 1 N–H and O–H groups in total. The van der Waals surface area contributed by atoms with E-state index in [2.05, 4.69) is 30.4 Å². The van der Waals surface area contributed by atoms with Gasteiger partial charge in [0.25, 0.3) is 10.2 Å². The molecule has 0 unspecified atom stereocenters. The van der Waals surface area contributed by atoms with E-state index in [1.807, 2.05) is 0 Å². The molecule has 3 rings (SSSR count). The highest BCUT2D eigenvalue weighted by Gasteiger charge is 2.34. The highest BCUT2D eigenvalue weighted by molar-refractivity contribution is 7.86. The van der Waals surface area contributed by atoms with Gasteiger partial charge in [-0.05, 0) is 61.6 Å². The van der Waals surface area contributed by atoms with Crippen LogP contribution in [0.1, 0.15) is 61.8 Å². The molecule has 1 heterocycles. The Labute approximate surface area is 169 Å². The smallest absolute Gasteiger partial charge is 0.281 e. The van der Waals surface area contributed by atoms with E-state index in [1.54, 1.807) is 0 Å². The van der Waals surface area contributed by atoms with E-state index < -0.39 is 10.2 Å². The molecule has 0 bridgehead atoms. The summed E-state index contributed by atoms with van der Waals surface area (Å²) < 4.78 is 27.5. The van der Waals surface area contributed by atoms with Crippen molar-refractivity contribution in [2.24, 2.45) is 5.92 Å². The fourth-order valence-electron chi connectivity index (χ4n) is 4.28. The number of carbonyl (C=O) groups excluding carboxylic acids is 1. The average molecular weight is 408 g/mol. The summed E-state index contributed by atoms with van der Waals surface area (Å²) in [5, 5.41) is 3.19. The van der Waals surface area contributed by atoms with Gasteiger partial charge in [-0.3, -0.25) is 4.79 Å². The number of nitrogens with zero attached hydrogens (tertiary/aromatic N) is 2. The van der Waals surface area contributed by atoms with Crippen molar-refractivity contribution in [2.75, 3.05) is 27.2 Å². The topological polar surface area (TPSA) is 69.7 Å². The first-order valence-electron chi connectivity index (χ1n) is 10.4. The first-order chi connectivity index (χ1) is 13.3. The van der Waals surface area contributed by atoms with E-state index in [9.17, 15) is 13.2 Å². The molecule has 2 aliphatic rings. The quantitative estimate of drug-likeness (QED) is 0.788. The van der Waals surface area contributed by atoms with Gasteiger partial charge in [-0.2, -0.15) is 17.0 Å². The Morgan fingerprint density at radius 1 is 1.21 bits per heavy atom. The Bertz CT molecular complexity index is 807. The third-order valence-corrected chi connectivity index (χ3v) is 7.95. The van der Waals surface area contributed by atoms with E-state index in [0.29, 0.717) is 13.0 Å². The molecule has 1 fully saturated rings. The van der Waals surface area contributed by atoms with Crippen LogP contribution in [0, 0.1) is 5.92 Å². The molecule has 6 nitrogen and oxygen atoms in total. The van der Waals surface area contributed by atoms with E-state index >= 15 is 0 Å². The summed E-state index contributed by atoms with van der Waals surface area (Å²) in [6.45, 7) is 2.81. The van der Waals surface area contributed by atoms with Gasteiger partial charge >= 0.3 is 0 Å². The summed E-state index contributed by atoms with van der Waals surface area (Å²) >= 11 is 0. The number of fused-ring (bicyclic) bond motifs is 1. The summed E-state index contributed by atoms with van der Waals surface area (Å²) in [6.07, 6.45) is 7.01. The minimum atomic E-state index is -3.48. The molecule has 0 saturated carbocycles. The fraction of sp³-hybridized carbons (Fsp3) is 0.667. The fourth-order valence-corrected chi connectivity index (χ4v) is 5.47. The second-order valence-electron chi connectivity index (χ2n) is 8.19. The maximum absolute atomic E-state index is 12.9. The molecule has 0 radical (unpaired) electrons. The number of carbonyl (C=O) groups is 1. The van der Waals surface area contributed by atoms with Gasteiger partial charge in [0, 0.05) is 27.2 Å². The lowest BCUT2D eigenvalue weighted by Gasteiger charge is -2.33. The van der Waals surface area contributed by atoms with Crippen molar-refractivity contribution in [1.29, 1.82) is 0 Å². The molecule has 1 aliphatic carbocycles. The Morgan fingerprint density at radius 2 is 1.93 bits per heavy atom. The molecule has 28 heavy (non-hydrogen) atoms. The molecule has 7 heteroatoms. The monoisotopic (exact) mass is 407 g/mol. The van der Waals surface area contributed by atoms with Crippen molar-refractivity contribution in [3.8, 4) is 0 Å². The van der Waals surface area contributed by atoms with Crippen molar-refractivity contribution in [3.63, 3.8) is 0 Å². The van der Waals surface area contributed by atoms with Gasteiger partial charge in [0.1, 0.15) is 0 Å². The van der Waals surface area contributed by atoms with Crippen LogP contribution in [0.4, 0.5) is 0 Å². The van der Waals surface area contributed by atoms with Gasteiger partial charge in [0.15, 0.2) is 0 Å².